The number of ether oxygens (including phenoxy) is 1. The van der Waals surface area contributed by atoms with Crippen molar-refractivity contribution in [2.45, 2.75) is 32.3 Å². The maximum Gasteiger partial charge on any atom is 0.409 e. The summed E-state index contributed by atoms with van der Waals surface area (Å²) in [5.41, 5.74) is -0.611. The van der Waals surface area contributed by atoms with Crippen LogP contribution in [0.15, 0.2) is 0 Å². The van der Waals surface area contributed by atoms with Gasteiger partial charge in [-0.05, 0) is 19.9 Å². The first-order valence-corrected chi connectivity index (χ1v) is 6.33. The van der Waals surface area contributed by atoms with Crippen LogP contribution in [-0.4, -0.2) is 66.4 Å². The second-order valence-corrected chi connectivity index (χ2v) is 4.77. The van der Waals surface area contributed by atoms with E-state index in [9.17, 15) is 9.90 Å². The largest absolute Gasteiger partial charge is 0.448 e. The van der Waals surface area contributed by atoms with Gasteiger partial charge in [-0.2, -0.15) is 0 Å². The van der Waals surface area contributed by atoms with Gasteiger partial charge >= 0.3 is 6.09 Å². The average Bonchev–Trinajstić information content (AvgIpc) is 2.72. The van der Waals surface area contributed by atoms with Gasteiger partial charge in [0.05, 0.1) is 12.1 Å². The molecule has 1 heterocycles. The van der Waals surface area contributed by atoms with Gasteiger partial charge in [0.15, 0.2) is 0 Å². The van der Waals surface area contributed by atoms with Crippen molar-refractivity contribution < 1.29 is 14.6 Å². The van der Waals surface area contributed by atoms with Crippen molar-refractivity contribution in [2.24, 2.45) is 0 Å². The summed E-state index contributed by atoms with van der Waals surface area (Å²) < 4.78 is 4.86. The number of likely N-dealkylation sites (N-methyl/N-ethyl adjacent to an activating group) is 1. The zero-order valence-corrected chi connectivity index (χ0v) is 11.1. The maximum absolute atomic E-state index is 11.2. The Bertz CT molecular complexity index is 254. The van der Waals surface area contributed by atoms with Crippen molar-refractivity contribution in [3.8, 4) is 0 Å². The van der Waals surface area contributed by atoms with Crippen LogP contribution in [0.4, 0.5) is 4.79 Å². The van der Waals surface area contributed by atoms with Gasteiger partial charge in [-0.3, -0.25) is 0 Å². The van der Waals surface area contributed by atoms with Crippen LogP contribution in [0, 0.1) is 0 Å². The molecule has 0 spiro atoms. The Balaban J connectivity index is 2.29. The van der Waals surface area contributed by atoms with E-state index in [1.165, 1.54) is 0 Å². The fraction of sp³-hybridized carbons (Fsp3) is 0.917. The molecule has 0 bridgehead atoms. The van der Waals surface area contributed by atoms with Crippen LogP contribution < -0.4 is 0 Å². The molecule has 0 aromatic rings. The molecule has 0 unspecified atom stereocenters. The Morgan fingerprint density at radius 2 is 2.12 bits per heavy atom. The molecule has 1 rings (SSSR count). The third-order valence-electron chi connectivity index (χ3n) is 3.48. The first-order chi connectivity index (χ1) is 8.00. The molecular formula is C12H24N2O3. The molecule has 100 valence electrons. The van der Waals surface area contributed by atoms with Gasteiger partial charge in [0.2, 0.25) is 0 Å². The molecule has 0 aliphatic carbocycles. The Hall–Kier alpha value is -0.810. The Labute approximate surface area is 103 Å². The Morgan fingerprint density at radius 1 is 1.47 bits per heavy atom. The van der Waals surface area contributed by atoms with Crippen molar-refractivity contribution in [3.05, 3.63) is 0 Å². The molecule has 5 heteroatoms. The van der Waals surface area contributed by atoms with E-state index in [0.29, 0.717) is 26.2 Å². The van der Waals surface area contributed by atoms with Gasteiger partial charge in [0, 0.05) is 19.6 Å². The zero-order chi connectivity index (χ0) is 12.9. The number of hydrogen-bond acceptors (Lipinski definition) is 4. The minimum atomic E-state index is -0.611. The summed E-state index contributed by atoms with van der Waals surface area (Å²) in [4.78, 5) is 15.0. The molecule has 17 heavy (non-hydrogen) atoms. The molecule has 1 saturated heterocycles. The number of amides is 1. The molecule has 1 aliphatic rings. The summed E-state index contributed by atoms with van der Waals surface area (Å²) in [6.45, 7) is 7.23. The highest BCUT2D eigenvalue weighted by atomic mass is 16.6. The minimum absolute atomic E-state index is 0.223. The number of hydrogen-bond donors (Lipinski definition) is 1. The van der Waals surface area contributed by atoms with Crippen LogP contribution in [0.25, 0.3) is 0 Å². The van der Waals surface area contributed by atoms with E-state index < -0.39 is 5.60 Å². The maximum atomic E-state index is 11.2. The third kappa shape index (κ3) is 4.16. The van der Waals surface area contributed by atoms with Crippen LogP contribution in [0.3, 0.4) is 0 Å². The second-order valence-electron chi connectivity index (χ2n) is 4.77. The lowest BCUT2D eigenvalue weighted by Crippen LogP contribution is -2.43. The van der Waals surface area contributed by atoms with Crippen molar-refractivity contribution in [2.75, 3.05) is 39.8 Å². The van der Waals surface area contributed by atoms with E-state index in [-0.39, 0.29) is 6.09 Å². The molecule has 0 aromatic heterocycles. The number of rotatable bonds is 7. The van der Waals surface area contributed by atoms with E-state index in [0.717, 1.165) is 19.4 Å². The first-order valence-electron chi connectivity index (χ1n) is 6.33. The summed E-state index contributed by atoms with van der Waals surface area (Å²) >= 11 is 0. The van der Waals surface area contributed by atoms with Crippen molar-refractivity contribution in [1.82, 2.24) is 9.80 Å². The van der Waals surface area contributed by atoms with Gasteiger partial charge in [0.1, 0.15) is 6.61 Å². The molecule has 0 saturated carbocycles. The monoisotopic (exact) mass is 244 g/mol. The summed E-state index contributed by atoms with van der Waals surface area (Å²) in [7, 11) is 1.97. The van der Waals surface area contributed by atoms with Gasteiger partial charge in [0.25, 0.3) is 0 Å². The molecule has 0 aromatic carbocycles. The van der Waals surface area contributed by atoms with Crippen molar-refractivity contribution in [1.29, 1.82) is 0 Å². The van der Waals surface area contributed by atoms with E-state index in [1.54, 1.807) is 4.90 Å². The fourth-order valence-electron chi connectivity index (χ4n) is 1.98. The van der Waals surface area contributed by atoms with Gasteiger partial charge in [-0.15, -0.1) is 0 Å². The van der Waals surface area contributed by atoms with Gasteiger partial charge < -0.3 is 19.6 Å². The highest BCUT2D eigenvalue weighted by Gasteiger charge is 2.25. The van der Waals surface area contributed by atoms with E-state index in [2.05, 4.69) is 4.90 Å². The second kappa shape index (κ2) is 6.21. The predicted molar refractivity (Wildman–Crippen MR) is 65.9 cm³/mol. The lowest BCUT2D eigenvalue weighted by atomic mass is 9.97. The normalized spacial score (nSPS) is 16.8. The molecule has 1 amide bonds. The summed E-state index contributed by atoms with van der Waals surface area (Å²) in [6, 6.07) is 0. The van der Waals surface area contributed by atoms with E-state index in [4.69, 9.17) is 4.74 Å². The molecule has 1 aliphatic heterocycles. The third-order valence-corrected chi connectivity index (χ3v) is 3.48. The number of carbonyl (C=O) groups excluding carboxylic acids is 1. The molecule has 0 atom stereocenters. The lowest BCUT2D eigenvalue weighted by Gasteiger charge is -2.31. The smallest absolute Gasteiger partial charge is 0.409 e. The minimum Gasteiger partial charge on any atom is -0.448 e. The Kier molecular flexibility index (Phi) is 5.21. The molecule has 0 radical (unpaired) electrons. The van der Waals surface area contributed by atoms with Crippen LogP contribution >= 0.6 is 0 Å². The molecule has 5 nitrogen and oxygen atoms in total. The van der Waals surface area contributed by atoms with Crippen LogP contribution in [-0.2, 0) is 4.74 Å². The molecule has 1 fully saturated rings. The summed E-state index contributed by atoms with van der Waals surface area (Å²) in [5, 5.41) is 10.2. The molecule has 1 N–H and O–H groups in total. The molecular weight excluding hydrogens is 220 g/mol. The highest BCUT2D eigenvalue weighted by molar-refractivity contribution is 5.69. The van der Waals surface area contributed by atoms with Gasteiger partial charge in [-0.25, -0.2) is 4.79 Å². The summed E-state index contributed by atoms with van der Waals surface area (Å²) in [5.74, 6) is 0. The number of nitrogens with zero attached hydrogens (tertiary/aromatic N) is 2. The number of carbonyl (C=O) groups is 1. The Morgan fingerprint density at radius 3 is 2.59 bits per heavy atom. The van der Waals surface area contributed by atoms with E-state index in [1.807, 2.05) is 20.9 Å². The van der Waals surface area contributed by atoms with Crippen LogP contribution in [0.5, 0.6) is 0 Å². The lowest BCUT2D eigenvalue weighted by molar-refractivity contribution is 0.00221. The summed E-state index contributed by atoms with van der Waals surface area (Å²) in [6.07, 6.45) is 1.28. The topological polar surface area (TPSA) is 53.0 Å². The SMILES string of the molecule is CCC(O)(CC)CN(C)CCN1CCOC1=O. The van der Waals surface area contributed by atoms with Crippen LogP contribution in [0.1, 0.15) is 26.7 Å². The standard InChI is InChI=1S/C12H24N2O3/c1-4-12(16,5-2)10-13(3)6-7-14-8-9-17-11(14)15/h16H,4-10H2,1-3H3. The van der Waals surface area contributed by atoms with Crippen molar-refractivity contribution >= 4 is 6.09 Å². The zero-order valence-electron chi connectivity index (χ0n) is 11.1. The average molecular weight is 244 g/mol. The van der Waals surface area contributed by atoms with Crippen LogP contribution in [0.2, 0.25) is 0 Å². The number of aliphatic hydroxyl groups is 1. The fourth-order valence-corrected chi connectivity index (χ4v) is 1.98. The first kappa shape index (κ1) is 14.3. The highest BCUT2D eigenvalue weighted by Crippen LogP contribution is 2.15. The predicted octanol–water partition coefficient (Wildman–Crippen LogP) is 0.921. The van der Waals surface area contributed by atoms with E-state index >= 15 is 0 Å². The number of cyclic esters (lactones) is 1. The van der Waals surface area contributed by atoms with Gasteiger partial charge in [-0.1, -0.05) is 13.8 Å². The van der Waals surface area contributed by atoms with Crippen molar-refractivity contribution in [3.63, 3.8) is 0 Å². The quantitative estimate of drug-likeness (QED) is 0.723.